The van der Waals surface area contributed by atoms with Crippen LogP contribution in [0, 0.1) is 0 Å². The number of nitrogens with zero attached hydrogens (tertiary/aromatic N) is 2. The average Bonchev–Trinajstić information content (AvgIpc) is 2.85. The van der Waals surface area contributed by atoms with Gasteiger partial charge in [-0.25, -0.2) is 0 Å². The smallest absolute Gasteiger partial charge is 0.101 e. The number of hydrogen-bond acceptors (Lipinski definition) is 4. The van der Waals surface area contributed by atoms with E-state index in [0.717, 1.165) is 25.9 Å². The Labute approximate surface area is 127 Å². The van der Waals surface area contributed by atoms with Crippen molar-refractivity contribution in [1.82, 2.24) is 15.1 Å². The van der Waals surface area contributed by atoms with E-state index >= 15 is 0 Å². The van der Waals surface area contributed by atoms with Crippen LogP contribution >= 0.6 is 0 Å². The molecule has 1 aromatic heterocycles. The first-order chi connectivity index (χ1) is 10.1. The summed E-state index contributed by atoms with van der Waals surface area (Å²) in [7, 11) is 1.95. The molecule has 2 unspecified atom stereocenters. The van der Waals surface area contributed by atoms with Crippen molar-refractivity contribution in [3.8, 4) is 0 Å². The summed E-state index contributed by atoms with van der Waals surface area (Å²) < 4.78 is 13.7. The first kappa shape index (κ1) is 15.0. The zero-order valence-corrected chi connectivity index (χ0v) is 13.3. The maximum atomic E-state index is 6.04. The third-order valence-corrected chi connectivity index (χ3v) is 4.52. The molecule has 1 N–H and O–H groups in total. The van der Waals surface area contributed by atoms with Gasteiger partial charge >= 0.3 is 0 Å². The van der Waals surface area contributed by atoms with Crippen molar-refractivity contribution in [2.24, 2.45) is 7.05 Å². The molecule has 0 spiro atoms. The van der Waals surface area contributed by atoms with Crippen LogP contribution in [0.5, 0.6) is 0 Å². The molecule has 5 heteroatoms. The van der Waals surface area contributed by atoms with Gasteiger partial charge in [0.25, 0.3) is 0 Å². The van der Waals surface area contributed by atoms with Crippen LogP contribution in [0.1, 0.15) is 51.2 Å². The molecule has 4 atom stereocenters. The van der Waals surface area contributed by atoms with E-state index in [1.807, 2.05) is 17.9 Å². The predicted molar refractivity (Wildman–Crippen MR) is 81.1 cm³/mol. The van der Waals surface area contributed by atoms with Crippen LogP contribution in [0.25, 0.3) is 0 Å². The molecular weight excluding hydrogens is 266 g/mol. The van der Waals surface area contributed by atoms with Crippen molar-refractivity contribution in [2.75, 3.05) is 6.61 Å². The second-order valence-electron chi connectivity index (χ2n) is 6.58. The lowest BCUT2D eigenvalue weighted by Crippen LogP contribution is -2.49. The number of aryl methyl sites for hydroxylation is 1. The Morgan fingerprint density at radius 1 is 1.29 bits per heavy atom. The largest absolute Gasteiger partial charge is 0.375 e. The van der Waals surface area contributed by atoms with Crippen molar-refractivity contribution in [2.45, 2.75) is 69.9 Å². The number of nitrogens with one attached hydrogen (secondary N) is 1. The Kier molecular flexibility index (Phi) is 4.62. The standard InChI is InChI=1S/C16H27N3O2/c1-11-7-14(8-12(2)21-11)18-15-5-4-6-20-16(15)13-9-17-19(3)10-13/h9-12,14-16,18H,4-8H2,1-3H3/t11?,12?,14?,15-,16+/m0/s1. The third kappa shape index (κ3) is 3.65. The number of hydrogen-bond donors (Lipinski definition) is 1. The molecule has 118 valence electrons. The van der Waals surface area contributed by atoms with Crippen LogP contribution in [0.2, 0.25) is 0 Å². The lowest BCUT2D eigenvalue weighted by atomic mass is 9.93. The molecule has 3 rings (SSSR count). The molecule has 2 aliphatic heterocycles. The molecule has 0 aromatic carbocycles. The fourth-order valence-electron chi connectivity index (χ4n) is 3.71. The molecular formula is C16H27N3O2. The highest BCUT2D eigenvalue weighted by Gasteiger charge is 2.32. The minimum atomic E-state index is 0.126. The summed E-state index contributed by atoms with van der Waals surface area (Å²) in [6, 6.07) is 0.903. The van der Waals surface area contributed by atoms with Gasteiger partial charge in [-0.05, 0) is 39.5 Å². The molecule has 0 saturated carbocycles. The van der Waals surface area contributed by atoms with Gasteiger partial charge < -0.3 is 14.8 Å². The monoisotopic (exact) mass is 293 g/mol. The number of ether oxygens (including phenoxy) is 2. The minimum Gasteiger partial charge on any atom is -0.375 e. The lowest BCUT2D eigenvalue weighted by Gasteiger charge is -2.39. The maximum Gasteiger partial charge on any atom is 0.101 e. The van der Waals surface area contributed by atoms with E-state index in [4.69, 9.17) is 9.47 Å². The van der Waals surface area contributed by atoms with E-state index in [2.05, 4.69) is 30.5 Å². The predicted octanol–water partition coefficient (Wildman–Crippen LogP) is 2.19. The lowest BCUT2D eigenvalue weighted by molar-refractivity contribution is -0.0565. The molecule has 2 aliphatic rings. The fraction of sp³-hybridized carbons (Fsp3) is 0.812. The van der Waals surface area contributed by atoms with Gasteiger partial charge in [0.05, 0.1) is 18.4 Å². The van der Waals surface area contributed by atoms with Crippen LogP contribution in [-0.4, -0.2) is 40.7 Å². The second kappa shape index (κ2) is 6.46. The molecule has 2 saturated heterocycles. The quantitative estimate of drug-likeness (QED) is 0.928. The molecule has 21 heavy (non-hydrogen) atoms. The molecule has 5 nitrogen and oxygen atoms in total. The maximum absolute atomic E-state index is 6.04. The molecule has 1 aromatic rings. The highest BCUT2D eigenvalue weighted by atomic mass is 16.5. The van der Waals surface area contributed by atoms with Crippen LogP contribution in [0.15, 0.2) is 12.4 Å². The van der Waals surface area contributed by atoms with E-state index in [9.17, 15) is 0 Å². The number of aromatic nitrogens is 2. The number of rotatable bonds is 3. The van der Waals surface area contributed by atoms with Crippen molar-refractivity contribution in [3.63, 3.8) is 0 Å². The van der Waals surface area contributed by atoms with Gasteiger partial charge in [0.1, 0.15) is 6.10 Å². The first-order valence-electron chi connectivity index (χ1n) is 8.13. The van der Waals surface area contributed by atoms with Crippen molar-refractivity contribution in [1.29, 1.82) is 0 Å². The van der Waals surface area contributed by atoms with Gasteiger partial charge in [0.15, 0.2) is 0 Å². The summed E-state index contributed by atoms with van der Waals surface area (Å²) in [5.41, 5.74) is 1.18. The van der Waals surface area contributed by atoms with E-state index < -0.39 is 0 Å². The Balaban J connectivity index is 1.67. The zero-order valence-electron chi connectivity index (χ0n) is 13.3. The van der Waals surface area contributed by atoms with Gasteiger partial charge in [0.2, 0.25) is 0 Å². The summed E-state index contributed by atoms with van der Waals surface area (Å²) in [5.74, 6) is 0. The highest BCUT2D eigenvalue weighted by molar-refractivity contribution is 5.12. The Morgan fingerprint density at radius 2 is 2.05 bits per heavy atom. The Bertz CT molecular complexity index is 452. The van der Waals surface area contributed by atoms with Crippen molar-refractivity contribution >= 4 is 0 Å². The van der Waals surface area contributed by atoms with Crippen LogP contribution in [-0.2, 0) is 16.5 Å². The molecule has 0 amide bonds. The summed E-state index contributed by atoms with van der Waals surface area (Å²) >= 11 is 0. The SMILES string of the molecule is CC1CC(N[C@H]2CCCO[C@@H]2c2cnn(C)c2)CC(C)O1. The third-order valence-electron chi connectivity index (χ3n) is 4.52. The van der Waals surface area contributed by atoms with Gasteiger partial charge in [-0.15, -0.1) is 0 Å². The van der Waals surface area contributed by atoms with Crippen LogP contribution in [0.3, 0.4) is 0 Å². The van der Waals surface area contributed by atoms with Gasteiger partial charge in [-0.2, -0.15) is 5.10 Å². The van der Waals surface area contributed by atoms with Crippen LogP contribution < -0.4 is 5.32 Å². The molecule has 0 aliphatic carbocycles. The Hall–Kier alpha value is -0.910. The summed E-state index contributed by atoms with van der Waals surface area (Å²) in [5, 5.41) is 8.12. The highest BCUT2D eigenvalue weighted by Crippen LogP contribution is 2.30. The van der Waals surface area contributed by atoms with E-state index in [-0.39, 0.29) is 6.10 Å². The molecule has 2 fully saturated rings. The van der Waals surface area contributed by atoms with E-state index in [0.29, 0.717) is 24.3 Å². The summed E-state index contributed by atoms with van der Waals surface area (Å²) in [6.07, 6.45) is 9.27. The van der Waals surface area contributed by atoms with Gasteiger partial charge in [0, 0.05) is 37.5 Å². The second-order valence-corrected chi connectivity index (χ2v) is 6.58. The topological polar surface area (TPSA) is 48.3 Å². The van der Waals surface area contributed by atoms with Gasteiger partial charge in [-0.1, -0.05) is 0 Å². The van der Waals surface area contributed by atoms with Crippen LogP contribution in [0.4, 0.5) is 0 Å². The zero-order chi connectivity index (χ0) is 14.8. The van der Waals surface area contributed by atoms with E-state index in [1.54, 1.807) is 0 Å². The molecule has 0 bridgehead atoms. The van der Waals surface area contributed by atoms with Crippen molar-refractivity contribution in [3.05, 3.63) is 18.0 Å². The van der Waals surface area contributed by atoms with Crippen molar-refractivity contribution < 1.29 is 9.47 Å². The van der Waals surface area contributed by atoms with Gasteiger partial charge in [-0.3, -0.25) is 4.68 Å². The molecule has 0 radical (unpaired) electrons. The first-order valence-corrected chi connectivity index (χ1v) is 8.13. The fourth-order valence-corrected chi connectivity index (χ4v) is 3.71. The molecule has 3 heterocycles. The minimum absolute atomic E-state index is 0.126. The normalized spacial score (nSPS) is 37.6. The summed E-state index contributed by atoms with van der Waals surface area (Å²) in [4.78, 5) is 0. The Morgan fingerprint density at radius 3 is 2.71 bits per heavy atom. The van der Waals surface area contributed by atoms with E-state index in [1.165, 1.54) is 12.0 Å². The summed E-state index contributed by atoms with van der Waals surface area (Å²) in [6.45, 7) is 5.18. The average molecular weight is 293 g/mol.